The van der Waals surface area contributed by atoms with Gasteiger partial charge < -0.3 is 10.1 Å². The second-order valence-corrected chi connectivity index (χ2v) is 6.43. The number of hydrogen-bond acceptors (Lipinski definition) is 2. The van der Waals surface area contributed by atoms with Crippen LogP contribution < -0.4 is 10.1 Å². The van der Waals surface area contributed by atoms with Crippen LogP contribution in [-0.4, -0.2) is 12.0 Å². The lowest BCUT2D eigenvalue weighted by Crippen LogP contribution is -2.30. The van der Waals surface area contributed by atoms with Crippen LogP contribution in [0.3, 0.4) is 0 Å². The molecule has 1 aliphatic carbocycles. The topological polar surface area (TPSA) is 38.3 Å². The van der Waals surface area contributed by atoms with Crippen molar-refractivity contribution in [2.45, 2.75) is 44.9 Å². The van der Waals surface area contributed by atoms with E-state index in [1.165, 1.54) is 17.7 Å². The van der Waals surface area contributed by atoms with E-state index in [4.69, 9.17) is 4.74 Å². The van der Waals surface area contributed by atoms with Gasteiger partial charge in [0.25, 0.3) is 5.91 Å². The molecule has 0 heterocycles. The molecule has 0 aromatic heterocycles. The molecule has 3 rings (SSSR count). The number of nitrogens with one attached hydrogen (secondary N) is 1. The molecule has 138 valence electrons. The van der Waals surface area contributed by atoms with Crippen LogP contribution in [0, 0.1) is 0 Å². The predicted octanol–water partition coefficient (Wildman–Crippen LogP) is 4.99. The third-order valence-electron chi connectivity index (χ3n) is 4.48. The fraction of sp³-hybridized carbons (Fsp3) is 0.350. The van der Waals surface area contributed by atoms with Crippen LogP contribution in [0.15, 0.2) is 42.5 Å². The molecule has 0 bridgehead atoms. The second kappa shape index (κ2) is 7.40. The number of ether oxygens (including phenoxy) is 1. The van der Waals surface area contributed by atoms with Gasteiger partial charge in [-0.05, 0) is 68.0 Å². The van der Waals surface area contributed by atoms with E-state index in [1.54, 1.807) is 6.92 Å². The minimum absolute atomic E-state index is 0.0929. The maximum atomic E-state index is 12.8. The third-order valence-corrected chi connectivity index (χ3v) is 4.48. The Balaban J connectivity index is 1.69. The first kappa shape index (κ1) is 18.3. The Kier molecular flexibility index (Phi) is 5.20. The zero-order valence-electron chi connectivity index (χ0n) is 14.4. The van der Waals surface area contributed by atoms with E-state index < -0.39 is 23.8 Å². The second-order valence-electron chi connectivity index (χ2n) is 6.43. The van der Waals surface area contributed by atoms with Gasteiger partial charge in [-0.2, -0.15) is 13.2 Å². The van der Waals surface area contributed by atoms with E-state index in [0.717, 1.165) is 43.4 Å². The van der Waals surface area contributed by atoms with Gasteiger partial charge in [0.1, 0.15) is 5.75 Å². The highest BCUT2D eigenvalue weighted by Crippen LogP contribution is 2.32. The van der Waals surface area contributed by atoms with Gasteiger partial charge in [0, 0.05) is 5.69 Å². The molecule has 6 heteroatoms. The van der Waals surface area contributed by atoms with Crippen molar-refractivity contribution < 1.29 is 22.7 Å². The highest BCUT2D eigenvalue weighted by atomic mass is 19.4. The fourth-order valence-electron chi connectivity index (χ4n) is 3.12. The quantitative estimate of drug-likeness (QED) is 0.831. The minimum Gasteiger partial charge on any atom is -0.481 e. The standard InChI is InChI=1S/C20H20F3NO2/c1-13(26-18-11-4-7-14-6-2-3-10-17(14)18)19(25)24-16-9-5-8-15(12-16)20(21,22)23/h4-5,7-9,11-13H,2-3,6,10H2,1H3,(H,24,25). The van der Waals surface area contributed by atoms with Crippen LogP contribution in [0.4, 0.5) is 18.9 Å². The summed E-state index contributed by atoms with van der Waals surface area (Å²) in [6.07, 6.45) is -1.14. The molecular weight excluding hydrogens is 343 g/mol. The maximum absolute atomic E-state index is 12.8. The molecule has 0 aliphatic heterocycles. The highest BCUT2D eigenvalue weighted by Gasteiger charge is 2.30. The zero-order chi connectivity index (χ0) is 18.7. The SMILES string of the molecule is CC(Oc1cccc2c1CCCC2)C(=O)Nc1cccc(C(F)(F)F)c1. The van der Waals surface area contributed by atoms with Crippen molar-refractivity contribution in [1.82, 2.24) is 0 Å². The fourth-order valence-corrected chi connectivity index (χ4v) is 3.12. The third kappa shape index (κ3) is 4.18. The molecule has 1 atom stereocenters. The summed E-state index contributed by atoms with van der Waals surface area (Å²) in [7, 11) is 0. The molecule has 2 aromatic rings. The molecule has 3 nitrogen and oxygen atoms in total. The van der Waals surface area contributed by atoms with Crippen LogP contribution in [-0.2, 0) is 23.8 Å². The summed E-state index contributed by atoms with van der Waals surface area (Å²) in [5, 5.41) is 2.49. The van der Waals surface area contributed by atoms with Crippen LogP contribution >= 0.6 is 0 Å². The summed E-state index contributed by atoms with van der Waals surface area (Å²) in [6.45, 7) is 1.59. The molecule has 0 saturated heterocycles. The van der Waals surface area contributed by atoms with E-state index in [9.17, 15) is 18.0 Å². The lowest BCUT2D eigenvalue weighted by atomic mass is 9.91. The summed E-state index contributed by atoms with van der Waals surface area (Å²) < 4.78 is 44.1. The normalized spacial score (nSPS) is 15.1. The number of benzene rings is 2. The average Bonchev–Trinajstić information content (AvgIpc) is 2.61. The molecule has 2 aromatic carbocycles. The zero-order valence-corrected chi connectivity index (χ0v) is 14.4. The van der Waals surface area contributed by atoms with Gasteiger partial charge in [-0.3, -0.25) is 4.79 Å². The van der Waals surface area contributed by atoms with Crippen LogP contribution in [0.1, 0.15) is 36.5 Å². The van der Waals surface area contributed by atoms with Gasteiger partial charge in [-0.1, -0.05) is 18.2 Å². The van der Waals surface area contributed by atoms with Gasteiger partial charge >= 0.3 is 6.18 Å². The monoisotopic (exact) mass is 363 g/mol. The van der Waals surface area contributed by atoms with Gasteiger partial charge in [-0.15, -0.1) is 0 Å². The number of halogens is 3. The van der Waals surface area contributed by atoms with Crippen LogP contribution in [0.5, 0.6) is 5.75 Å². The van der Waals surface area contributed by atoms with Crippen molar-refractivity contribution >= 4 is 11.6 Å². The van der Waals surface area contributed by atoms with Crippen molar-refractivity contribution in [1.29, 1.82) is 0 Å². The number of hydrogen-bond donors (Lipinski definition) is 1. The minimum atomic E-state index is -4.45. The molecule has 1 amide bonds. The predicted molar refractivity (Wildman–Crippen MR) is 93.2 cm³/mol. The van der Waals surface area contributed by atoms with Crippen molar-refractivity contribution in [2.24, 2.45) is 0 Å². The number of anilines is 1. The van der Waals surface area contributed by atoms with Crippen molar-refractivity contribution in [3.8, 4) is 5.75 Å². The van der Waals surface area contributed by atoms with E-state index in [1.807, 2.05) is 12.1 Å². The molecule has 0 radical (unpaired) electrons. The number of aryl methyl sites for hydroxylation is 1. The number of amides is 1. The number of alkyl halides is 3. The summed E-state index contributed by atoms with van der Waals surface area (Å²) >= 11 is 0. The largest absolute Gasteiger partial charge is 0.481 e. The van der Waals surface area contributed by atoms with Gasteiger partial charge in [0.05, 0.1) is 5.56 Å². The Morgan fingerprint density at radius 3 is 2.62 bits per heavy atom. The maximum Gasteiger partial charge on any atom is 0.416 e. The Bertz CT molecular complexity index is 802. The highest BCUT2D eigenvalue weighted by molar-refractivity contribution is 5.94. The molecular formula is C20H20F3NO2. The smallest absolute Gasteiger partial charge is 0.416 e. The molecule has 0 saturated carbocycles. The van der Waals surface area contributed by atoms with Gasteiger partial charge in [0.15, 0.2) is 6.10 Å². The Morgan fingerprint density at radius 2 is 1.85 bits per heavy atom. The average molecular weight is 363 g/mol. The summed E-state index contributed by atoms with van der Waals surface area (Å²) in [5.74, 6) is 0.187. The van der Waals surface area contributed by atoms with Gasteiger partial charge in [-0.25, -0.2) is 0 Å². The number of carbonyl (C=O) groups excluding carboxylic acids is 1. The number of fused-ring (bicyclic) bond motifs is 1. The van der Waals surface area contributed by atoms with E-state index in [0.29, 0.717) is 5.75 Å². The van der Waals surface area contributed by atoms with Crippen molar-refractivity contribution in [2.75, 3.05) is 5.32 Å². The molecule has 1 N–H and O–H groups in total. The molecule has 1 unspecified atom stereocenters. The number of rotatable bonds is 4. The Morgan fingerprint density at radius 1 is 1.12 bits per heavy atom. The Hall–Kier alpha value is -2.50. The van der Waals surface area contributed by atoms with Crippen LogP contribution in [0.25, 0.3) is 0 Å². The van der Waals surface area contributed by atoms with Crippen molar-refractivity contribution in [3.63, 3.8) is 0 Å². The lowest BCUT2D eigenvalue weighted by molar-refractivity contribution is -0.137. The molecule has 0 spiro atoms. The van der Waals surface area contributed by atoms with Crippen molar-refractivity contribution in [3.05, 3.63) is 59.2 Å². The number of carbonyl (C=O) groups is 1. The summed E-state index contributed by atoms with van der Waals surface area (Å²) in [5.41, 5.74) is 1.65. The van der Waals surface area contributed by atoms with E-state index in [2.05, 4.69) is 11.4 Å². The first-order valence-corrected chi connectivity index (χ1v) is 8.60. The summed E-state index contributed by atoms with van der Waals surface area (Å²) in [4.78, 5) is 12.3. The van der Waals surface area contributed by atoms with Gasteiger partial charge in [0.2, 0.25) is 0 Å². The first-order valence-electron chi connectivity index (χ1n) is 8.60. The van der Waals surface area contributed by atoms with Crippen LogP contribution in [0.2, 0.25) is 0 Å². The molecule has 26 heavy (non-hydrogen) atoms. The van der Waals surface area contributed by atoms with E-state index >= 15 is 0 Å². The summed E-state index contributed by atoms with van der Waals surface area (Å²) in [6, 6.07) is 10.4. The lowest BCUT2D eigenvalue weighted by Gasteiger charge is -2.22. The molecule has 1 aliphatic rings. The van der Waals surface area contributed by atoms with E-state index in [-0.39, 0.29) is 5.69 Å². The molecule has 0 fully saturated rings. The Labute approximate surface area is 150 Å². The first-order chi connectivity index (χ1) is 12.3.